The molecular formula is C31H32ClFN4O4. The Hall–Kier alpha value is -3.53. The van der Waals surface area contributed by atoms with Gasteiger partial charge < -0.3 is 19.1 Å². The lowest BCUT2D eigenvalue weighted by molar-refractivity contribution is -0.0594. The first kappa shape index (κ1) is 27.6. The van der Waals surface area contributed by atoms with Crippen LogP contribution in [0.25, 0.3) is 11.0 Å². The van der Waals surface area contributed by atoms with Crippen molar-refractivity contribution in [3.05, 3.63) is 88.1 Å². The number of aromatic nitrogens is 3. The molecule has 2 aromatic carbocycles. The number of pyridine rings is 1. The predicted octanol–water partition coefficient (Wildman–Crippen LogP) is 6.23. The van der Waals surface area contributed by atoms with Crippen LogP contribution >= 0.6 is 11.6 Å². The zero-order chi connectivity index (χ0) is 28.5. The van der Waals surface area contributed by atoms with Crippen LogP contribution in [-0.2, 0) is 17.9 Å². The second-order valence-electron chi connectivity index (χ2n) is 10.8. The molecule has 4 heterocycles. The quantitative estimate of drug-likeness (QED) is 0.252. The molecule has 2 aliphatic heterocycles. The number of carboxylic acids is 1. The number of piperidine rings is 1. The van der Waals surface area contributed by atoms with Gasteiger partial charge >= 0.3 is 5.97 Å². The number of hydrogen-bond acceptors (Lipinski definition) is 6. The van der Waals surface area contributed by atoms with E-state index in [9.17, 15) is 14.3 Å². The average molecular weight is 579 g/mol. The van der Waals surface area contributed by atoms with Crippen molar-refractivity contribution in [1.29, 1.82) is 0 Å². The van der Waals surface area contributed by atoms with Crippen LogP contribution in [0.15, 0.2) is 54.6 Å². The Morgan fingerprint density at radius 3 is 2.66 bits per heavy atom. The number of carboxylic acid groups (broad SMARTS) is 1. The van der Waals surface area contributed by atoms with Gasteiger partial charge in [0, 0.05) is 34.9 Å². The summed E-state index contributed by atoms with van der Waals surface area (Å²) in [6.45, 7) is 5.41. The molecule has 0 saturated carbocycles. The fourth-order valence-corrected chi connectivity index (χ4v) is 5.85. The molecular weight excluding hydrogens is 547 g/mol. The first-order chi connectivity index (χ1) is 19.9. The molecule has 0 bridgehead atoms. The molecule has 2 aliphatic rings. The summed E-state index contributed by atoms with van der Waals surface area (Å²) in [5.41, 5.74) is 3.28. The highest BCUT2D eigenvalue weighted by Gasteiger charge is 2.30. The number of ether oxygens (including phenoxy) is 2. The van der Waals surface area contributed by atoms with Gasteiger partial charge in [-0.3, -0.25) is 4.90 Å². The van der Waals surface area contributed by atoms with Crippen LogP contribution in [0.1, 0.15) is 65.6 Å². The van der Waals surface area contributed by atoms with E-state index >= 15 is 0 Å². The molecule has 41 heavy (non-hydrogen) atoms. The third kappa shape index (κ3) is 5.93. The molecule has 0 unspecified atom stereocenters. The van der Waals surface area contributed by atoms with E-state index in [-0.39, 0.29) is 30.2 Å². The molecule has 0 spiro atoms. The molecule has 1 N–H and O–H groups in total. The number of aromatic carboxylic acids is 1. The van der Waals surface area contributed by atoms with E-state index in [1.54, 1.807) is 36.4 Å². The van der Waals surface area contributed by atoms with E-state index in [0.29, 0.717) is 23.0 Å². The van der Waals surface area contributed by atoms with Gasteiger partial charge in [-0.05, 0) is 75.7 Å². The summed E-state index contributed by atoms with van der Waals surface area (Å²) in [6, 6.07) is 15.5. The zero-order valence-corrected chi connectivity index (χ0v) is 23.6. The van der Waals surface area contributed by atoms with Crippen LogP contribution in [-0.4, -0.2) is 56.3 Å². The van der Waals surface area contributed by atoms with Crippen molar-refractivity contribution in [1.82, 2.24) is 19.4 Å². The van der Waals surface area contributed by atoms with Crippen molar-refractivity contribution in [2.45, 2.75) is 57.4 Å². The van der Waals surface area contributed by atoms with Crippen LogP contribution in [0.3, 0.4) is 0 Å². The number of halogens is 2. The fourth-order valence-electron chi connectivity index (χ4n) is 5.69. The molecule has 2 aromatic heterocycles. The number of rotatable bonds is 9. The predicted molar refractivity (Wildman–Crippen MR) is 153 cm³/mol. The second-order valence-corrected chi connectivity index (χ2v) is 11.2. The van der Waals surface area contributed by atoms with Gasteiger partial charge in [-0.25, -0.2) is 19.2 Å². The van der Waals surface area contributed by atoms with Crippen molar-refractivity contribution in [3.63, 3.8) is 0 Å². The molecule has 4 aromatic rings. The van der Waals surface area contributed by atoms with Crippen molar-refractivity contribution < 1.29 is 23.8 Å². The van der Waals surface area contributed by atoms with E-state index in [2.05, 4.69) is 16.4 Å². The number of carbonyl (C=O) groups is 1. The minimum atomic E-state index is -0.948. The van der Waals surface area contributed by atoms with Gasteiger partial charge in [0.15, 0.2) is 0 Å². The van der Waals surface area contributed by atoms with Gasteiger partial charge in [0.25, 0.3) is 0 Å². The number of imidazole rings is 1. The first-order valence-corrected chi connectivity index (χ1v) is 14.4. The summed E-state index contributed by atoms with van der Waals surface area (Å²) in [5.74, 6) is 0.344. The van der Waals surface area contributed by atoms with Crippen LogP contribution < -0.4 is 4.74 Å². The summed E-state index contributed by atoms with van der Waals surface area (Å²) >= 11 is 5.85. The Bertz CT molecular complexity index is 1570. The normalized spacial score (nSPS) is 18.8. The monoisotopic (exact) mass is 578 g/mol. The van der Waals surface area contributed by atoms with Gasteiger partial charge in [0.05, 0.1) is 35.3 Å². The molecule has 0 aliphatic carbocycles. The lowest BCUT2D eigenvalue weighted by Crippen LogP contribution is -2.37. The largest absolute Gasteiger partial charge is 0.478 e. The summed E-state index contributed by atoms with van der Waals surface area (Å²) in [4.78, 5) is 23.7. The van der Waals surface area contributed by atoms with E-state index in [1.807, 2.05) is 12.1 Å². The maximum absolute atomic E-state index is 14.1. The maximum atomic E-state index is 14.1. The van der Waals surface area contributed by atoms with Gasteiger partial charge in [-0.2, -0.15) is 0 Å². The summed E-state index contributed by atoms with van der Waals surface area (Å²) in [6.07, 6.45) is 2.97. The average Bonchev–Trinajstić information content (AvgIpc) is 3.32. The van der Waals surface area contributed by atoms with Crippen molar-refractivity contribution in [2.24, 2.45) is 0 Å². The van der Waals surface area contributed by atoms with Crippen LogP contribution in [0.2, 0.25) is 5.02 Å². The molecule has 10 heteroatoms. The fraction of sp³-hybridized carbons (Fsp3) is 0.387. The Morgan fingerprint density at radius 1 is 1.15 bits per heavy atom. The Balaban J connectivity index is 1.14. The number of likely N-dealkylation sites (tertiary alicyclic amines) is 1. The summed E-state index contributed by atoms with van der Waals surface area (Å²) < 4.78 is 27.8. The third-order valence-electron chi connectivity index (χ3n) is 8.21. The highest BCUT2D eigenvalue weighted by Crippen LogP contribution is 2.34. The summed E-state index contributed by atoms with van der Waals surface area (Å²) in [7, 11) is 0. The Kier molecular flexibility index (Phi) is 7.92. The molecule has 6 rings (SSSR count). The number of fused-ring (bicyclic) bond motifs is 1. The molecule has 2 saturated heterocycles. The lowest BCUT2D eigenvalue weighted by Gasteiger charge is -2.36. The molecule has 0 radical (unpaired) electrons. The van der Waals surface area contributed by atoms with E-state index in [1.165, 1.54) is 6.07 Å². The van der Waals surface area contributed by atoms with E-state index < -0.39 is 11.8 Å². The molecule has 8 nitrogen and oxygen atoms in total. The standard InChI is InChI=1S/C31H32ClFN4O4/c1-19(30-35-27-8-6-21(31(38)39)15-28(27)37(30)17-24-11-14-40-24)36-12-9-20(10-13-36)26-3-2-4-29(34-26)41-18-22-5-7-23(32)16-25(22)33/h2-8,15-16,19-20,24H,9-14,17-18H2,1H3,(H,38,39)/t19-,24+/m1/s1. The zero-order valence-electron chi connectivity index (χ0n) is 22.8. The minimum Gasteiger partial charge on any atom is -0.478 e. The second kappa shape index (κ2) is 11.8. The van der Waals surface area contributed by atoms with Crippen LogP contribution in [0.5, 0.6) is 5.88 Å². The smallest absolute Gasteiger partial charge is 0.335 e. The highest BCUT2D eigenvalue weighted by molar-refractivity contribution is 6.30. The highest BCUT2D eigenvalue weighted by atomic mass is 35.5. The Labute approximate surface area is 242 Å². The van der Waals surface area contributed by atoms with Crippen LogP contribution in [0, 0.1) is 5.82 Å². The SMILES string of the molecule is C[C@H](c1nc2ccc(C(=O)O)cc2n1C[C@@H]1CCO1)N1CCC(c2cccc(OCc3ccc(Cl)cc3F)n2)CC1. The van der Waals surface area contributed by atoms with E-state index in [4.69, 9.17) is 31.0 Å². The van der Waals surface area contributed by atoms with Crippen molar-refractivity contribution >= 4 is 28.6 Å². The van der Waals surface area contributed by atoms with Crippen molar-refractivity contribution in [3.8, 4) is 5.88 Å². The van der Waals surface area contributed by atoms with E-state index in [0.717, 1.165) is 61.5 Å². The molecule has 214 valence electrons. The minimum absolute atomic E-state index is 0.0496. The molecule has 2 atom stereocenters. The molecule has 2 fully saturated rings. The number of nitrogens with zero attached hydrogens (tertiary/aromatic N) is 4. The van der Waals surface area contributed by atoms with Gasteiger partial charge in [0.2, 0.25) is 5.88 Å². The topological polar surface area (TPSA) is 89.7 Å². The molecule has 0 amide bonds. The lowest BCUT2D eigenvalue weighted by atomic mass is 9.92. The van der Waals surface area contributed by atoms with Crippen molar-refractivity contribution in [2.75, 3.05) is 19.7 Å². The van der Waals surface area contributed by atoms with Gasteiger partial charge in [0.1, 0.15) is 18.2 Å². The maximum Gasteiger partial charge on any atom is 0.335 e. The number of benzene rings is 2. The van der Waals surface area contributed by atoms with Gasteiger partial charge in [-0.1, -0.05) is 23.7 Å². The third-order valence-corrected chi connectivity index (χ3v) is 8.44. The Morgan fingerprint density at radius 2 is 1.95 bits per heavy atom. The number of hydrogen-bond donors (Lipinski definition) is 1. The summed E-state index contributed by atoms with van der Waals surface area (Å²) in [5, 5.41) is 9.89. The first-order valence-electron chi connectivity index (χ1n) is 14.0. The van der Waals surface area contributed by atoms with Gasteiger partial charge in [-0.15, -0.1) is 0 Å². The van der Waals surface area contributed by atoms with Crippen LogP contribution in [0.4, 0.5) is 4.39 Å².